The molecule has 1 fully saturated rings. The lowest BCUT2D eigenvalue weighted by Gasteiger charge is -2.21. The second kappa shape index (κ2) is 6.99. The van der Waals surface area contributed by atoms with Gasteiger partial charge in [-0.25, -0.2) is 4.79 Å². The minimum absolute atomic E-state index is 0.153. The summed E-state index contributed by atoms with van der Waals surface area (Å²) in [5.41, 5.74) is 1.31. The number of hydrogen-bond donors (Lipinski definition) is 1. The molecule has 0 unspecified atom stereocenters. The van der Waals surface area contributed by atoms with Crippen LogP contribution in [0.5, 0.6) is 0 Å². The third kappa shape index (κ3) is 3.67. The average molecular weight is 375 g/mol. The highest BCUT2D eigenvalue weighted by atomic mass is 35.5. The number of benzene rings is 1. The molecule has 2 heterocycles. The second-order valence-corrected chi connectivity index (χ2v) is 7.09. The van der Waals surface area contributed by atoms with Gasteiger partial charge in [-0.3, -0.25) is 9.69 Å². The maximum Gasteiger partial charge on any atom is 0.348 e. The molecule has 1 aromatic carbocycles. The number of rotatable bonds is 5. The Labute approximate surface area is 156 Å². The van der Waals surface area contributed by atoms with Crippen molar-refractivity contribution in [3.63, 3.8) is 0 Å². The van der Waals surface area contributed by atoms with Gasteiger partial charge in [0.05, 0.1) is 0 Å². The van der Waals surface area contributed by atoms with E-state index in [1.54, 1.807) is 15.9 Å². The second-order valence-electron chi connectivity index (χ2n) is 6.65. The largest absolute Gasteiger partial charge is 0.431 e. The molecule has 1 N–H and O–H groups in total. The highest BCUT2D eigenvalue weighted by Gasteiger charge is 2.34. The zero-order valence-corrected chi connectivity index (χ0v) is 14.9. The molecule has 0 aromatic heterocycles. The SMILES string of the molecule is O=C(NCC1CC1)C1=COC2=NC(=O)N(Cc3cccc(Cl)c3)CCN12. The summed E-state index contributed by atoms with van der Waals surface area (Å²) in [7, 11) is 0. The van der Waals surface area contributed by atoms with Crippen LogP contribution in [0.1, 0.15) is 18.4 Å². The number of nitrogens with one attached hydrogen (secondary N) is 1. The lowest BCUT2D eigenvalue weighted by molar-refractivity contribution is -0.118. The molecule has 1 aromatic rings. The van der Waals surface area contributed by atoms with E-state index in [0.717, 1.165) is 5.56 Å². The Morgan fingerprint density at radius 2 is 2.19 bits per heavy atom. The van der Waals surface area contributed by atoms with Crippen molar-refractivity contribution in [1.82, 2.24) is 15.1 Å². The molecule has 0 saturated heterocycles. The molecule has 4 rings (SSSR count). The van der Waals surface area contributed by atoms with Crippen LogP contribution >= 0.6 is 11.6 Å². The molecule has 3 amide bonds. The van der Waals surface area contributed by atoms with E-state index in [-0.39, 0.29) is 11.9 Å². The van der Waals surface area contributed by atoms with Crippen LogP contribution in [0.25, 0.3) is 0 Å². The van der Waals surface area contributed by atoms with Crippen molar-refractivity contribution in [1.29, 1.82) is 0 Å². The Bertz CT molecular complexity index is 803. The quantitative estimate of drug-likeness (QED) is 0.858. The van der Waals surface area contributed by atoms with Crippen molar-refractivity contribution in [2.24, 2.45) is 10.9 Å². The zero-order valence-electron chi connectivity index (χ0n) is 14.2. The topological polar surface area (TPSA) is 74.2 Å². The Morgan fingerprint density at radius 1 is 1.35 bits per heavy atom. The van der Waals surface area contributed by atoms with E-state index in [1.165, 1.54) is 19.1 Å². The minimum Gasteiger partial charge on any atom is -0.431 e. The Balaban J connectivity index is 1.42. The van der Waals surface area contributed by atoms with E-state index >= 15 is 0 Å². The molecule has 3 aliphatic rings. The maximum absolute atomic E-state index is 12.4. The van der Waals surface area contributed by atoms with E-state index in [9.17, 15) is 9.59 Å². The summed E-state index contributed by atoms with van der Waals surface area (Å²) in [4.78, 5) is 32.1. The van der Waals surface area contributed by atoms with E-state index in [0.29, 0.717) is 42.8 Å². The molecule has 0 radical (unpaired) electrons. The van der Waals surface area contributed by atoms with E-state index in [4.69, 9.17) is 16.3 Å². The number of amidine groups is 1. The molecule has 8 heteroatoms. The van der Waals surface area contributed by atoms with Crippen LogP contribution in [-0.4, -0.2) is 47.4 Å². The Hall–Kier alpha value is -2.54. The summed E-state index contributed by atoms with van der Waals surface area (Å²) < 4.78 is 5.37. The van der Waals surface area contributed by atoms with Gasteiger partial charge >= 0.3 is 12.1 Å². The number of urea groups is 1. The summed E-state index contributed by atoms with van der Waals surface area (Å²) in [6, 6.07) is 7.12. The van der Waals surface area contributed by atoms with Crippen LogP contribution in [0.4, 0.5) is 4.79 Å². The highest BCUT2D eigenvalue weighted by molar-refractivity contribution is 6.30. The monoisotopic (exact) mass is 374 g/mol. The number of carbonyl (C=O) groups is 2. The van der Waals surface area contributed by atoms with Gasteiger partial charge in [-0.1, -0.05) is 23.7 Å². The van der Waals surface area contributed by atoms with Crippen LogP contribution in [0.15, 0.2) is 41.2 Å². The number of aliphatic imine (C=N–C) groups is 1. The molecule has 2 aliphatic heterocycles. The fourth-order valence-corrected chi connectivity index (χ4v) is 3.15. The van der Waals surface area contributed by atoms with Gasteiger partial charge < -0.3 is 15.0 Å². The third-order valence-corrected chi connectivity index (χ3v) is 4.83. The number of fused-ring (bicyclic) bond motifs is 1. The predicted octanol–water partition coefficient (Wildman–Crippen LogP) is 2.33. The van der Waals surface area contributed by atoms with Crippen molar-refractivity contribution in [3.05, 3.63) is 46.8 Å². The van der Waals surface area contributed by atoms with Crippen molar-refractivity contribution in [2.75, 3.05) is 19.6 Å². The van der Waals surface area contributed by atoms with Gasteiger partial charge in [-0.2, -0.15) is 0 Å². The molecule has 0 bridgehead atoms. The van der Waals surface area contributed by atoms with Crippen LogP contribution in [0, 0.1) is 5.92 Å². The minimum atomic E-state index is -0.393. The number of ether oxygens (including phenoxy) is 1. The molecule has 1 saturated carbocycles. The van der Waals surface area contributed by atoms with Crippen molar-refractivity contribution in [3.8, 4) is 0 Å². The Kier molecular flexibility index (Phi) is 4.55. The first-order chi connectivity index (χ1) is 12.6. The van der Waals surface area contributed by atoms with Gasteiger partial charge in [0.15, 0.2) is 0 Å². The fraction of sp³-hybridized carbons (Fsp3) is 0.389. The van der Waals surface area contributed by atoms with E-state index < -0.39 is 6.03 Å². The van der Waals surface area contributed by atoms with Gasteiger partial charge in [-0.05, 0) is 36.5 Å². The standard InChI is InChI=1S/C18H19ClN4O3/c19-14-3-1-2-13(8-14)10-22-6-7-23-15(11-26-18(23)21-17(22)25)16(24)20-9-12-4-5-12/h1-3,8,11-12H,4-7,9-10H2,(H,20,24). The third-order valence-electron chi connectivity index (χ3n) is 4.60. The van der Waals surface area contributed by atoms with Crippen LogP contribution in [-0.2, 0) is 16.1 Å². The molecule has 0 atom stereocenters. The van der Waals surface area contributed by atoms with E-state index in [1.807, 2.05) is 18.2 Å². The summed E-state index contributed by atoms with van der Waals surface area (Å²) >= 11 is 6.01. The van der Waals surface area contributed by atoms with E-state index in [2.05, 4.69) is 10.3 Å². The molecule has 0 spiro atoms. The first kappa shape index (κ1) is 16.9. The number of amides is 3. The number of carbonyl (C=O) groups excluding carboxylic acids is 2. The highest BCUT2D eigenvalue weighted by Crippen LogP contribution is 2.28. The average Bonchev–Trinajstić information content (AvgIpc) is 3.38. The summed E-state index contributed by atoms with van der Waals surface area (Å²) in [5.74, 6) is 0.395. The zero-order chi connectivity index (χ0) is 18.1. The van der Waals surface area contributed by atoms with Crippen molar-refractivity contribution < 1.29 is 14.3 Å². The summed E-state index contributed by atoms with van der Waals surface area (Å²) in [6.07, 6.45) is 3.69. The first-order valence-electron chi connectivity index (χ1n) is 8.65. The molecule has 7 nitrogen and oxygen atoms in total. The first-order valence-corrected chi connectivity index (χ1v) is 9.02. The lowest BCUT2D eigenvalue weighted by Crippen LogP contribution is -2.38. The number of nitrogens with zero attached hydrogens (tertiary/aromatic N) is 3. The van der Waals surface area contributed by atoms with Crippen LogP contribution in [0.2, 0.25) is 5.02 Å². The van der Waals surface area contributed by atoms with Crippen molar-refractivity contribution in [2.45, 2.75) is 19.4 Å². The van der Waals surface area contributed by atoms with Crippen LogP contribution < -0.4 is 5.32 Å². The molecular formula is C18H19ClN4O3. The fourth-order valence-electron chi connectivity index (χ4n) is 2.94. The predicted molar refractivity (Wildman–Crippen MR) is 96.3 cm³/mol. The van der Waals surface area contributed by atoms with Crippen LogP contribution in [0.3, 0.4) is 0 Å². The van der Waals surface area contributed by atoms with Gasteiger partial charge in [0, 0.05) is 31.2 Å². The molecule has 1 aliphatic carbocycles. The molecule has 26 heavy (non-hydrogen) atoms. The molecule has 136 valence electrons. The molecular weight excluding hydrogens is 356 g/mol. The maximum atomic E-state index is 12.4. The number of halogens is 1. The summed E-state index contributed by atoms with van der Waals surface area (Å²) in [5, 5.41) is 3.53. The smallest absolute Gasteiger partial charge is 0.348 e. The van der Waals surface area contributed by atoms with Gasteiger partial charge in [0.1, 0.15) is 12.0 Å². The van der Waals surface area contributed by atoms with Gasteiger partial charge in [0.2, 0.25) is 0 Å². The van der Waals surface area contributed by atoms with Gasteiger partial charge in [0.25, 0.3) is 5.91 Å². The van der Waals surface area contributed by atoms with Gasteiger partial charge in [-0.15, -0.1) is 4.99 Å². The number of hydrogen-bond acceptors (Lipinski definition) is 4. The normalized spacial score (nSPS) is 19.3. The lowest BCUT2D eigenvalue weighted by atomic mass is 10.2. The Morgan fingerprint density at radius 3 is 2.96 bits per heavy atom. The summed E-state index contributed by atoms with van der Waals surface area (Å²) in [6.45, 7) is 1.94. The van der Waals surface area contributed by atoms with Crippen molar-refractivity contribution >= 4 is 29.6 Å².